The van der Waals surface area contributed by atoms with Crippen molar-refractivity contribution in [2.45, 2.75) is 58.0 Å². The number of carbonyl (C=O) groups excluding carboxylic acids is 1. The number of nitrogens with one attached hydrogen (secondary N) is 2. The third-order valence-electron chi connectivity index (χ3n) is 4.00. The number of ether oxygens (including phenoxy) is 1. The van der Waals surface area contributed by atoms with Gasteiger partial charge in [0.2, 0.25) is 5.91 Å². The van der Waals surface area contributed by atoms with Gasteiger partial charge in [-0.05, 0) is 12.8 Å². The highest BCUT2D eigenvalue weighted by atomic mass is 16.5. The molecule has 2 aromatic rings. The summed E-state index contributed by atoms with van der Waals surface area (Å²) in [7, 11) is 0. The maximum Gasteiger partial charge on any atom is 0.226 e. The molecule has 0 saturated carbocycles. The molecule has 2 aromatic heterocycles. The van der Waals surface area contributed by atoms with Crippen LogP contribution in [-0.4, -0.2) is 27.7 Å². The van der Waals surface area contributed by atoms with Crippen LogP contribution < -0.4 is 5.32 Å². The second kappa shape index (κ2) is 6.76. The molecule has 24 heavy (non-hydrogen) atoms. The first-order valence-electron chi connectivity index (χ1n) is 8.34. The van der Waals surface area contributed by atoms with Crippen LogP contribution in [0.4, 0.5) is 5.82 Å². The van der Waals surface area contributed by atoms with E-state index >= 15 is 0 Å². The van der Waals surface area contributed by atoms with Gasteiger partial charge in [-0.3, -0.25) is 9.89 Å². The van der Waals surface area contributed by atoms with Crippen LogP contribution in [0.1, 0.15) is 63.5 Å². The Labute approximate surface area is 141 Å². The highest BCUT2D eigenvalue weighted by Gasteiger charge is 2.21. The number of nitrogens with zero attached hydrogens (tertiary/aromatic N) is 2. The van der Waals surface area contributed by atoms with E-state index in [9.17, 15) is 4.79 Å². The Hall–Kier alpha value is -2.15. The normalized spacial score (nSPS) is 18.0. The third-order valence-corrected chi connectivity index (χ3v) is 4.00. The molecule has 3 rings (SSSR count). The molecule has 7 nitrogen and oxygen atoms in total. The van der Waals surface area contributed by atoms with Crippen molar-refractivity contribution >= 4 is 11.7 Å². The summed E-state index contributed by atoms with van der Waals surface area (Å²) in [6, 6.07) is 1.83. The molecule has 1 saturated heterocycles. The van der Waals surface area contributed by atoms with Crippen LogP contribution in [0.25, 0.3) is 0 Å². The molecular weight excluding hydrogens is 308 g/mol. The molecule has 1 fully saturated rings. The van der Waals surface area contributed by atoms with Gasteiger partial charge in [-0.25, -0.2) is 4.98 Å². The van der Waals surface area contributed by atoms with Crippen LogP contribution in [0.2, 0.25) is 0 Å². The van der Waals surface area contributed by atoms with Gasteiger partial charge < -0.3 is 14.5 Å². The number of amides is 1. The minimum atomic E-state index is -0.115. The fourth-order valence-electron chi connectivity index (χ4n) is 2.59. The summed E-state index contributed by atoms with van der Waals surface area (Å²) in [6.07, 6.45) is 4.59. The molecule has 0 aliphatic carbocycles. The number of H-pyrrole nitrogens is 1. The molecule has 1 aliphatic rings. The topological polar surface area (TPSA) is 93.0 Å². The lowest BCUT2D eigenvalue weighted by atomic mass is 9.94. The molecule has 1 aliphatic heterocycles. The Kier molecular flexibility index (Phi) is 4.71. The highest BCUT2D eigenvalue weighted by Crippen LogP contribution is 2.28. The van der Waals surface area contributed by atoms with Gasteiger partial charge in [0.1, 0.15) is 5.76 Å². The fourth-order valence-corrected chi connectivity index (χ4v) is 2.59. The maximum absolute atomic E-state index is 12.1. The van der Waals surface area contributed by atoms with Gasteiger partial charge in [-0.15, -0.1) is 0 Å². The summed E-state index contributed by atoms with van der Waals surface area (Å²) in [6.45, 7) is 6.96. The van der Waals surface area contributed by atoms with Gasteiger partial charge in [-0.1, -0.05) is 20.8 Å². The van der Waals surface area contributed by atoms with Crippen molar-refractivity contribution in [2.75, 3.05) is 11.9 Å². The maximum atomic E-state index is 12.1. The molecule has 2 N–H and O–H groups in total. The molecule has 1 atom stereocenters. The summed E-state index contributed by atoms with van der Waals surface area (Å²) in [4.78, 5) is 16.3. The summed E-state index contributed by atoms with van der Waals surface area (Å²) >= 11 is 0. The van der Waals surface area contributed by atoms with Gasteiger partial charge >= 0.3 is 0 Å². The highest BCUT2D eigenvalue weighted by molar-refractivity contribution is 5.89. The lowest BCUT2D eigenvalue weighted by molar-refractivity contribution is -0.116. The van der Waals surface area contributed by atoms with Crippen molar-refractivity contribution < 1.29 is 13.9 Å². The van der Waals surface area contributed by atoms with Crippen LogP contribution in [-0.2, 0) is 21.4 Å². The molecule has 7 heteroatoms. The number of rotatable bonds is 5. The molecule has 1 amide bonds. The quantitative estimate of drug-likeness (QED) is 0.877. The predicted molar refractivity (Wildman–Crippen MR) is 88.7 cm³/mol. The van der Waals surface area contributed by atoms with Gasteiger partial charge in [0.05, 0.1) is 18.0 Å². The monoisotopic (exact) mass is 332 g/mol. The zero-order valence-electron chi connectivity index (χ0n) is 14.4. The standard InChI is InChI=1S/C17H24N4O3/c1-17(2,3)13-10-18-16(24-13)7-6-15(22)19-14-9-11(20-21-14)12-5-4-8-23-12/h9-10,12H,4-8H2,1-3H3,(H2,19,20,21,22)/t12-/m1/s1. The first-order chi connectivity index (χ1) is 11.4. The molecule has 130 valence electrons. The van der Waals surface area contributed by atoms with Gasteiger partial charge in [0.15, 0.2) is 11.7 Å². The number of aromatic amines is 1. The number of aromatic nitrogens is 3. The summed E-state index contributed by atoms with van der Waals surface area (Å²) in [5.74, 6) is 1.81. The van der Waals surface area contributed by atoms with Crippen molar-refractivity contribution in [2.24, 2.45) is 0 Å². The molecular formula is C17H24N4O3. The van der Waals surface area contributed by atoms with Crippen LogP contribution in [0, 0.1) is 0 Å². The van der Waals surface area contributed by atoms with E-state index < -0.39 is 0 Å². The van der Waals surface area contributed by atoms with E-state index in [0.717, 1.165) is 30.9 Å². The van der Waals surface area contributed by atoms with E-state index in [1.807, 2.05) is 6.07 Å². The Morgan fingerprint density at radius 3 is 2.96 bits per heavy atom. The van der Waals surface area contributed by atoms with Gasteiger partial charge in [-0.2, -0.15) is 5.10 Å². The second-order valence-electron chi connectivity index (χ2n) is 7.13. The molecule has 0 bridgehead atoms. The summed E-state index contributed by atoms with van der Waals surface area (Å²) < 4.78 is 11.3. The minimum Gasteiger partial charge on any atom is -0.445 e. The molecule has 0 unspecified atom stereocenters. The van der Waals surface area contributed by atoms with E-state index in [0.29, 0.717) is 24.6 Å². The van der Waals surface area contributed by atoms with Crippen molar-refractivity contribution in [3.8, 4) is 0 Å². The predicted octanol–water partition coefficient (Wildman–Crippen LogP) is 3.12. The van der Waals surface area contributed by atoms with Crippen molar-refractivity contribution in [3.63, 3.8) is 0 Å². The van der Waals surface area contributed by atoms with Crippen LogP contribution in [0.3, 0.4) is 0 Å². The number of anilines is 1. The second-order valence-corrected chi connectivity index (χ2v) is 7.13. The Morgan fingerprint density at radius 1 is 1.46 bits per heavy atom. The third kappa shape index (κ3) is 4.03. The SMILES string of the molecule is CC(C)(C)c1cnc(CCC(=O)Nc2cc([C@H]3CCCO3)[nH]n2)o1. The van der Waals surface area contributed by atoms with E-state index in [-0.39, 0.29) is 17.4 Å². The van der Waals surface area contributed by atoms with Crippen LogP contribution >= 0.6 is 0 Å². The fraction of sp³-hybridized carbons (Fsp3) is 0.588. The van der Waals surface area contributed by atoms with Crippen LogP contribution in [0.15, 0.2) is 16.7 Å². The smallest absolute Gasteiger partial charge is 0.226 e. The Bertz CT molecular complexity index is 693. The zero-order chi connectivity index (χ0) is 17.2. The first kappa shape index (κ1) is 16.7. The minimum absolute atomic E-state index is 0.0614. The summed E-state index contributed by atoms with van der Waals surface area (Å²) in [5, 5.41) is 9.83. The summed E-state index contributed by atoms with van der Waals surface area (Å²) in [5.41, 5.74) is 0.826. The first-order valence-corrected chi connectivity index (χ1v) is 8.34. The Morgan fingerprint density at radius 2 is 2.29 bits per heavy atom. The van der Waals surface area contributed by atoms with E-state index in [2.05, 4.69) is 41.3 Å². The average molecular weight is 332 g/mol. The molecule has 0 spiro atoms. The number of hydrogen-bond donors (Lipinski definition) is 2. The van der Waals surface area contributed by atoms with Crippen LogP contribution in [0.5, 0.6) is 0 Å². The molecule has 3 heterocycles. The van der Waals surface area contributed by atoms with Gasteiger partial charge in [0.25, 0.3) is 0 Å². The lowest BCUT2D eigenvalue weighted by Gasteiger charge is -2.13. The lowest BCUT2D eigenvalue weighted by Crippen LogP contribution is -2.12. The number of hydrogen-bond acceptors (Lipinski definition) is 5. The van der Waals surface area contributed by atoms with Gasteiger partial charge in [0, 0.05) is 30.9 Å². The van der Waals surface area contributed by atoms with E-state index in [4.69, 9.17) is 9.15 Å². The number of aryl methyl sites for hydroxylation is 1. The number of oxazole rings is 1. The Balaban J connectivity index is 1.50. The zero-order valence-corrected chi connectivity index (χ0v) is 14.4. The van der Waals surface area contributed by atoms with Crippen molar-refractivity contribution in [1.29, 1.82) is 0 Å². The average Bonchev–Trinajstić information content (AvgIpc) is 3.25. The van der Waals surface area contributed by atoms with Crippen molar-refractivity contribution in [1.82, 2.24) is 15.2 Å². The largest absolute Gasteiger partial charge is 0.445 e. The van der Waals surface area contributed by atoms with E-state index in [1.54, 1.807) is 6.20 Å². The number of carbonyl (C=O) groups is 1. The molecule has 0 aromatic carbocycles. The van der Waals surface area contributed by atoms with E-state index in [1.165, 1.54) is 0 Å². The van der Waals surface area contributed by atoms with Crippen molar-refractivity contribution in [3.05, 3.63) is 29.6 Å². The molecule has 0 radical (unpaired) electrons.